The van der Waals surface area contributed by atoms with E-state index in [1.165, 1.54) is 17.9 Å². The Kier molecular flexibility index (Phi) is 7.07. The van der Waals surface area contributed by atoms with Gasteiger partial charge in [-0.05, 0) is 56.2 Å². The Balaban J connectivity index is 1.87. The van der Waals surface area contributed by atoms with Crippen LogP contribution in [0.2, 0.25) is 0 Å². The van der Waals surface area contributed by atoms with Gasteiger partial charge in [-0.2, -0.15) is 5.10 Å². The molecule has 3 rings (SSSR count). The molecule has 1 N–H and O–H groups in total. The van der Waals surface area contributed by atoms with Crippen LogP contribution in [0.1, 0.15) is 37.1 Å². The summed E-state index contributed by atoms with van der Waals surface area (Å²) < 4.78 is 27.2. The number of benzene rings is 2. The number of carbonyl (C=O) groups is 1. The Bertz CT molecular complexity index is 1100. The molecule has 2 aromatic carbocycles. The summed E-state index contributed by atoms with van der Waals surface area (Å²) in [6, 6.07) is 11.9. The van der Waals surface area contributed by atoms with Gasteiger partial charge in [0.05, 0.1) is 19.0 Å². The van der Waals surface area contributed by atoms with E-state index in [0.29, 0.717) is 23.6 Å². The second-order valence-corrected chi connectivity index (χ2v) is 7.34. The molecule has 0 unspecified atom stereocenters. The van der Waals surface area contributed by atoms with E-state index in [2.05, 4.69) is 5.10 Å². The minimum Gasteiger partial charge on any atom is -0.497 e. The maximum absolute atomic E-state index is 14.5. The molecule has 0 fully saturated rings. The zero-order valence-corrected chi connectivity index (χ0v) is 17.8. The van der Waals surface area contributed by atoms with Crippen molar-refractivity contribution in [1.29, 1.82) is 0 Å². The first kappa shape index (κ1) is 22.1. The molecule has 1 heterocycles. The van der Waals surface area contributed by atoms with Crippen molar-refractivity contribution in [3.63, 3.8) is 0 Å². The van der Waals surface area contributed by atoms with Crippen molar-refractivity contribution < 1.29 is 23.8 Å². The van der Waals surface area contributed by atoms with Crippen LogP contribution in [-0.4, -0.2) is 28.0 Å². The molecule has 6 nitrogen and oxygen atoms in total. The molecule has 0 saturated heterocycles. The highest BCUT2D eigenvalue weighted by Gasteiger charge is 2.15. The largest absolute Gasteiger partial charge is 0.497 e. The van der Waals surface area contributed by atoms with Crippen LogP contribution < -0.4 is 9.47 Å². The molecule has 31 heavy (non-hydrogen) atoms. The van der Waals surface area contributed by atoms with Gasteiger partial charge in [0.2, 0.25) is 0 Å². The minimum atomic E-state index is -0.838. The molecule has 0 amide bonds. The molecule has 0 aliphatic heterocycles. The third-order valence-corrected chi connectivity index (χ3v) is 4.61. The molecule has 0 spiro atoms. The monoisotopic (exact) mass is 424 g/mol. The number of hydrogen-bond acceptors (Lipinski definition) is 4. The first-order valence-corrected chi connectivity index (χ1v) is 9.86. The first-order valence-electron chi connectivity index (χ1n) is 9.86. The topological polar surface area (TPSA) is 73.6 Å². The number of carboxylic acids is 1. The number of carboxylic acid groups (broad SMARTS) is 1. The van der Waals surface area contributed by atoms with Gasteiger partial charge in [-0.25, -0.2) is 9.07 Å². The van der Waals surface area contributed by atoms with Gasteiger partial charge in [0, 0.05) is 18.1 Å². The summed E-state index contributed by atoms with van der Waals surface area (Å²) in [5.74, 6) is -0.0850. The lowest BCUT2D eigenvalue weighted by Gasteiger charge is -2.11. The molecule has 0 atom stereocenters. The molecule has 162 valence electrons. The number of halogens is 1. The van der Waals surface area contributed by atoms with Crippen LogP contribution in [0.4, 0.5) is 4.39 Å². The van der Waals surface area contributed by atoms with E-state index in [0.717, 1.165) is 16.7 Å². The van der Waals surface area contributed by atoms with Crippen LogP contribution in [0.25, 0.3) is 11.8 Å². The van der Waals surface area contributed by atoms with Crippen molar-refractivity contribution >= 4 is 12.0 Å². The van der Waals surface area contributed by atoms with Gasteiger partial charge in [-0.1, -0.05) is 17.7 Å². The molecule has 0 bridgehead atoms. The maximum Gasteiger partial charge on any atom is 0.303 e. The zero-order chi connectivity index (χ0) is 22.4. The Morgan fingerprint density at radius 2 is 2.00 bits per heavy atom. The molecular weight excluding hydrogens is 399 g/mol. The molecule has 3 aromatic rings. The fourth-order valence-electron chi connectivity index (χ4n) is 3.11. The standard InChI is InChI=1S/C24H25FN2O4/c1-16(2)11-22-18(14-26-27(22)23-13-19(30-3)8-9-21(23)25)15-31-20-6-4-5-17(12-20)7-10-24(28)29/h4-6,8-9,11-14H,7,10,15H2,1-3H3,(H,28,29). The fourth-order valence-corrected chi connectivity index (χ4v) is 3.11. The molecule has 7 heteroatoms. The Morgan fingerprint density at radius 3 is 2.71 bits per heavy atom. The smallest absolute Gasteiger partial charge is 0.303 e. The van der Waals surface area contributed by atoms with Crippen LogP contribution in [0.5, 0.6) is 11.5 Å². The van der Waals surface area contributed by atoms with Crippen molar-refractivity contribution in [2.75, 3.05) is 7.11 Å². The van der Waals surface area contributed by atoms with Crippen LogP contribution in [0, 0.1) is 5.82 Å². The van der Waals surface area contributed by atoms with Gasteiger partial charge in [0.15, 0.2) is 0 Å². The van der Waals surface area contributed by atoms with E-state index in [1.54, 1.807) is 18.3 Å². The van der Waals surface area contributed by atoms with Crippen molar-refractivity contribution in [3.8, 4) is 17.2 Å². The number of aromatic nitrogens is 2. The summed E-state index contributed by atoms with van der Waals surface area (Å²) in [4.78, 5) is 10.8. The average Bonchev–Trinajstić information content (AvgIpc) is 3.13. The van der Waals surface area contributed by atoms with Gasteiger partial charge in [-0.15, -0.1) is 0 Å². The molecule has 0 aliphatic rings. The highest BCUT2D eigenvalue weighted by molar-refractivity contribution is 5.67. The van der Waals surface area contributed by atoms with Gasteiger partial charge in [0.25, 0.3) is 0 Å². The summed E-state index contributed by atoms with van der Waals surface area (Å²) in [7, 11) is 1.53. The third kappa shape index (κ3) is 5.72. The minimum absolute atomic E-state index is 0.0625. The number of ether oxygens (including phenoxy) is 2. The Morgan fingerprint density at radius 1 is 1.19 bits per heavy atom. The summed E-state index contributed by atoms with van der Waals surface area (Å²) in [6.07, 6.45) is 4.07. The summed E-state index contributed by atoms with van der Waals surface area (Å²) in [5.41, 5.74) is 3.71. The highest BCUT2D eigenvalue weighted by Crippen LogP contribution is 2.25. The number of nitrogens with zero attached hydrogens (tertiary/aromatic N) is 2. The number of aryl methyl sites for hydroxylation is 1. The predicted molar refractivity (Wildman–Crippen MR) is 116 cm³/mol. The Hall–Kier alpha value is -3.61. The van der Waals surface area contributed by atoms with Crippen molar-refractivity contribution in [2.24, 2.45) is 0 Å². The van der Waals surface area contributed by atoms with Crippen LogP contribution in [0.15, 0.2) is 54.2 Å². The predicted octanol–water partition coefficient (Wildman–Crippen LogP) is 5.04. The normalized spacial score (nSPS) is 10.6. The van der Waals surface area contributed by atoms with Gasteiger partial charge >= 0.3 is 5.97 Å². The fraction of sp³-hybridized carbons (Fsp3) is 0.250. The van der Waals surface area contributed by atoms with Crippen LogP contribution >= 0.6 is 0 Å². The quantitative estimate of drug-likeness (QED) is 0.521. The summed E-state index contributed by atoms with van der Waals surface area (Å²) in [6.45, 7) is 4.14. The number of allylic oxidation sites excluding steroid dienone is 1. The number of methoxy groups -OCH3 is 1. The van der Waals surface area contributed by atoms with Gasteiger partial charge in [-0.3, -0.25) is 4.79 Å². The van der Waals surface area contributed by atoms with E-state index >= 15 is 0 Å². The van der Waals surface area contributed by atoms with Crippen molar-refractivity contribution in [1.82, 2.24) is 9.78 Å². The maximum atomic E-state index is 14.5. The summed E-state index contributed by atoms with van der Waals surface area (Å²) >= 11 is 0. The van der Waals surface area contributed by atoms with Crippen LogP contribution in [0.3, 0.4) is 0 Å². The third-order valence-electron chi connectivity index (χ3n) is 4.61. The lowest BCUT2D eigenvalue weighted by molar-refractivity contribution is -0.136. The van der Waals surface area contributed by atoms with E-state index in [-0.39, 0.29) is 18.7 Å². The van der Waals surface area contributed by atoms with E-state index < -0.39 is 11.8 Å². The average molecular weight is 424 g/mol. The molecular formula is C24H25FN2O4. The lowest BCUT2D eigenvalue weighted by Crippen LogP contribution is -2.05. The van der Waals surface area contributed by atoms with E-state index in [4.69, 9.17) is 14.6 Å². The van der Waals surface area contributed by atoms with Gasteiger partial charge in [0.1, 0.15) is 29.6 Å². The van der Waals surface area contributed by atoms with Crippen LogP contribution in [-0.2, 0) is 17.8 Å². The molecule has 0 saturated carbocycles. The number of rotatable bonds is 9. The highest BCUT2D eigenvalue weighted by atomic mass is 19.1. The second-order valence-electron chi connectivity index (χ2n) is 7.34. The number of hydrogen-bond donors (Lipinski definition) is 1. The van der Waals surface area contributed by atoms with E-state index in [1.807, 2.05) is 44.2 Å². The SMILES string of the molecule is COc1ccc(F)c(-n2ncc(COc3cccc(CCC(=O)O)c3)c2C=C(C)C)c1. The van der Waals surface area contributed by atoms with Crippen molar-refractivity contribution in [2.45, 2.75) is 33.3 Å². The lowest BCUT2D eigenvalue weighted by atomic mass is 10.1. The number of aliphatic carboxylic acids is 1. The molecule has 1 aromatic heterocycles. The van der Waals surface area contributed by atoms with E-state index in [9.17, 15) is 9.18 Å². The molecule has 0 radical (unpaired) electrons. The Labute approximate surface area is 180 Å². The van der Waals surface area contributed by atoms with Gasteiger partial charge < -0.3 is 14.6 Å². The zero-order valence-electron chi connectivity index (χ0n) is 17.8. The first-order chi connectivity index (χ1) is 14.9. The molecule has 0 aliphatic carbocycles. The summed E-state index contributed by atoms with van der Waals surface area (Å²) in [5, 5.41) is 13.3. The van der Waals surface area contributed by atoms with Crippen molar-refractivity contribution in [3.05, 3.63) is 76.9 Å². The second kappa shape index (κ2) is 9.93.